The fourth-order valence-corrected chi connectivity index (χ4v) is 0. The fourth-order valence-electron chi connectivity index (χ4n) is 0. The van der Waals surface area contributed by atoms with Crippen LogP contribution in [0.4, 0.5) is 0 Å². The Morgan fingerprint density at radius 3 is 0.714 bits per heavy atom. The summed E-state index contributed by atoms with van der Waals surface area (Å²) in [5.74, 6) is 0. The zero-order chi connectivity index (χ0) is 2.00. The van der Waals surface area contributed by atoms with Crippen LogP contribution in [0.25, 0.3) is 0 Å². The molecule has 0 spiro atoms. The molecule has 0 fully saturated rings. The van der Waals surface area contributed by atoms with Gasteiger partial charge in [-0.15, -0.1) is 0 Å². The monoisotopic (exact) mass is 192 g/mol. The van der Waals surface area contributed by atoms with Gasteiger partial charge in [-0.2, -0.15) is 0 Å². The minimum absolute atomic E-state index is 0. The van der Waals surface area contributed by atoms with Crippen molar-refractivity contribution in [2.24, 2.45) is 0 Å². The standard InChI is InChI=1S/2Al.Ni.3O.S/q2*+3;;3*-2;. The second-order valence-corrected chi connectivity index (χ2v) is 0. The van der Waals surface area contributed by atoms with E-state index in [1.807, 2.05) is 0 Å². The Morgan fingerprint density at radius 1 is 0.714 bits per heavy atom. The second kappa shape index (κ2) is 123. The van der Waals surface area contributed by atoms with Crippen molar-refractivity contribution in [2.75, 3.05) is 0 Å². The van der Waals surface area contributed by atoms with Gasteiger partial charge in [-0.3, -0.25) is 0 Å². The summed E-state index contributed by atoms with van der Waals surface area (Å²) in [6, 6.07) is 0. The predicted octanol–water partition coefficient (Wildman–Crippen LogP) is -0.472. The fraction of sp³-hybridized carbons (Fsp3) is 0. The molecule has 0 amide bonds. The first-order valence-corrected chi connectivity index (χ1v) is 1.60. The number of hydrogen-bond acceptors (Lipinski definition) is 1. The minimum atomic E-state index is 0. The van der Waals surface area contributed by atoms with Crippen LogP contribution in [-0.4, -0.2) is 34.7 Å². The van der Waals surface area contributed by atoms with Gasteiger partial charge in [0.1, 0.15) is 0 Å². The summed E-state index contributed by atoms with van der Waals surface area (Å²) in [4.78, 5) is 0. The molecule has 0 radical (unpaired) electrons. The molecule has 0 aliphatic rings. The van der Waals surface area contributed by atoms with Gasteiger partial charge in [-0.1, -0.05) is 0 Å². The zero-order valence-electron chi connectivity index (χ0n) is 3.10. The summed E-state index contributed by atoms with van der Waals surface area (Å²) < 4.78 is 0. The Hall–Kier alpha value is 1.66. The van der Waals surface area contributed by atoms with E-state index in [2.05, 4.69) is 24.5 Å². The maximum absolute atomic E-state index is 3.71. The van der Waals surface area contributed by atoms with Crippen LogP contribution in [0, 0.1) is 0 Å². The van der Waals surface area contributed by atoms with E-state index in [1.54, 1.807) is 0 Å². The van der Waals surface area contributed by atoms with Gasteiger partial charge in [0.2, 0.25) is 0 Å². The van der Waals surface area contributed by atoms with E-state index in [0.717, 1.165) is 0 Å². The third kappa shape index (κ3) is 89.2. The molecule has 7 heavy (non-hydrogen) atoms. The summed E-state index contributed by atoms with van der Waals surface area (Å²) in [7, 11) is 3.71. The molecule has 0 aromatic rings. The van der Waals surface area contributed by atoms with Crippen molar-refractivity contribution in [1.29, 1.82) is 0 Å². The molecule has 7 heteroatoms. The van der Waals surface area contributed by atoms with Crippen LogP contribution in [-0.2, 0) is 30.3 Å². The van der Waals surface area contributed by atoms with Gasteiger partial charge in [0, 0.05) is 0 Å². The van der Waals surface area contributed by atoms with Gasteiger partial charge in [-0.25, -0.2) is 0 Å². The van der Waals surface area contributed by atoms with Gasteiger partial charge in [0.05, 0.1) is 0 Å². The molecule has 0 rings (SSSR count). The van der Waals surface area contributed by atoms with E-state index in [0.29, 0.717) is 0 Å². The van der Waals surface area contributed by atoms with Crippen molar-refractivity contribution < 1.29 is 30.3 Å². The van der Waals surface area contributed by atoms with Crippen molar-refractivity contribution in [2.45, 2.75) is 0 Å². The molecular formula is Al2NiO3S. The Bertz CT molecular complexity index is 12.9. The van der Waals surface area contributed by atoms with E-state index < -0.39 is 0 Å². The van der Waals surface area contributed by atoms with Gasteiger partial charge in [-0.05, 0) is 0 Å². The molecule has 0 bridgehead atoms. The van der Waals surface area contributed by atoms with Gasteiger partial charge in [0.15, 0.2) is 0 Å². The van der Waals surface area contributed by atoms with E-state index in [4.69, 9.17) is 0 Å². The molecule has 0 saturated heterocycles. The first-order valence-electron chi connectivity index (χ1n) is 0.129. The van der Waals surface area contributed by atoms with E-state index in [1.165, 1.54) is 0 Å². The number of rotatable bonds is 0. The van der Waals surface area contributed by atoms with Crippen LogP contribution in [0.3, 0.4) is 0 Å². The predicted molar refractivity (Wildman–Crippen MR) is 21.2 cm³/mol. The second-order valence-electron chi connectivity index (χ2n) is 0. The van der Waals surface area contributed by atoms with Crippen LogP contribution in [0.2, 0.25) is 0 Å². The molecular weight excluding hydrogens is 193 g/mol. The molecule has 40 valence electrons. The van der Waals surface area contributed by atoms with Crippen LogP contribution in [0.5, 0.6) is 0 Å². The molecule has 0 saturated carbocycles. The molecule has 0 heterocycles. The Kier molecular flexibility index (Phi) is 1270. The van der Waals surface area contributed by atoms with Crippen LogP contribution < -0.4 is 0 Å². The normalized spacial score (nSPS) is 0.857. The third-order valence-corrected chi connectivity index (χ3v) is 0. The average Bonchev–Trinajstić information content (AvgIpc) is 1.00. The maximum atomic E-state index is 3.71. The van der Waals surface area contributed by atoms with E-state index in [9.17, 15) is 0 Å². The van der Waals surface area contributed by atoms with Crippen molar-refractivity contribution in [3.63, 3.8) is 0 Å². The summed E-state index contributed by atoms with van der Waals surface area (Å²) >= 11 is 3.46. The molecule has 0 aromatic carbocycles. The summed E-state index contributed by atoms with van der Waals surface area (Å²) in [5.41, 5.74) is 0. The molecule has 0 atom stereocenters. The summed E-state index contributed by atoms with van der Waals surface area (Å²) in [6.07, 6.45) is 0. The van der Waals surface area contributed by atoms with Crippen molar-refractivity contribution in [3.8, 4) is 0 Å². The Balaban J connectivity index is -0.000000000500. The van der Waals surface area contributed by atoms with E-state index >= 15 is 0 Å². The van der Waals surface area contributed by atoms with Gasteiger partial charge in [0.25, 0.3) is 0 Å². The van der Waals surface area contributed by atoms with Crippen molar-refractivity contribution in [3.05, 3.63) is 0 Å². The van der Waals surface area contributed by atoms with Crippen molar-refractivity contribution in [1.82, 2.24) is 0 Å². The molecule has 0 aliphatic carbocycles. The quantitative estimate of drug-likeness (QED) is 0.478. The summed E-state index contributed by atoms with van der Waals surface area (Å²) in [5, 5.41) is 0. The molecule has 0 N–H and O–H groups in total. The van der Waals surface area contributed by atoms with Crippen LogP contribution >= 0.6 is 10.7 Å². The molecule has 3 nitrogen and oxygen atoms in total. The Morgan fingerprint density at radius 2 is 0.714 bits per heavy atom. The van der Waals surface area contributed by atoms with Crippen LogP contribution in [0.1, 0.15) is 0 Å². The first-order chi connectivity index (χ1) is 1.00. The number of hydrogen-bond donors (Lipinski definition) is 0. The average molecular weight is 193 g/mol. The Labute approximate surface area is 75.3 Å². The first kappa shape index (κ1) is 71.9. The van der Waals surface area contributed by atoms with Crippen molar-refractivity contribution >= 4 is 45.4 Å². The topological polar surface area (TPSA) is 85.5 Å². The SMILES string of the molecule is [Al+3].[Al+3].[O-2].[O-2].[O-2].[S]=[Ni]. The van der Waals surface area contributed by atoms with E-state index in [-0.39, 0.29) is 51.2 Å². The zero-order valence-corrected chi connectivity index (χ0v) is 7.22. The molecule has 0 unspecified atom stereocenters. The van der Waals surface area contributed by atoms with Gasteiger partial charge >= 0.3 is 59.2 Å². The molecule has 0 aromatic heterocycles. The molecule has 0 aliphatic heterocycles. The third-order valence-electron chi connectivity index (χ3n) is 0. The summed E-state index contributed by atoms with van der Waals surface area (Å²) in [6.45, 7) is 0. The van der Waals surface area contributed by atoms with Gasteiger partial charge < -0.3 is 16.4 Å². The van der Waals surface area contributed by atoms with Crippen LogP contribution in [0.15, 0.2) is 0 Å².